The first kappa shape index (κ1) is 14.8. The molecule has 1 N–H and O–H groups in total. The zero-order valence-electron chi connectivity index (χ0n) is 11.6. The highest BCUT2D eigenvalue weighted by molar-refractivity contribution is 6.31. The number of pyridine rings is 2. The standard InChI is InChI=1S/C15H18ClN3O/c1-3-18-14(9-11-6-8-17-10-13(11)16)12-5-4-7-19-15(12)20-2/h4-8,10,14,18H,3,9H2,1-2H3. The van der Waals surface area contributed by atoms with E-state index in [1.54, 1.807) is 25.7 Å². The second-order valence-corrected chi connectivity index (χ2v) is 4.79. The Hall–Kier alpha value is -1.65. The number of likely N-dealkylation sites (N-methyl/N-ethyl adjacent to an activating group) is 1. The van der Waals surface area contributed by atoms with E-state index in [4.69, 9.17) is 16.3 Å². The average molecular weight is 292 g/mol. The minimum absolute atomic E-state index is 0.101. The van der Waals surface area contributed by atoms with Crippen LogP contribution >= 0.6 is 11.6 Å². The number of hydrogen-bond acceptors (Lipinski definition) is 4. The molecule has 0 saturated heterocycles. The molecule has 0 aromatic carbocycles. The van der Waals surface area contributed by atoms with Gasteiger partial charge in [-0.05, 0) is 30.7 Å². The molecule has 2 aromatic heterocycles. The van der Waals surface area contributed by atoms with Crippen LogP contribution in [-0.4, -0.2) is 23.6 Å². The maximum absolute atomic E-state index is 6.19. The van der Waals surface area contributed by atoms with Gasteiger partial charge in [0.05, 0.1) is 12.1 Å². The molecule has 0 spiro atoms. The van der Waals surface area contributed by atoms with Crippen LogP contribution in [0.5, 0.6) is 5.88 Å². The zero-order chi connectivity index (χ0) is 14.4. The van der Waals surface area contributed by atoms with Gasteiger partial charge >= 0.3 is 0 Å². The molecule has 0 aliphatic rings. The van der Waals surface area contributed by atoms with Crippen LogP contribution in [0.15, 0.2) is 36.8 Å². The van der Waals surface area contributed by atoms with Crippen molar-refractivity contribution in [2.24, 2.45) is 0 Å². The molecule has 4 nitrogen and oxygen atoms in total. The summed E-state index contributed by atoms with van der Waals surface area (Å²) in [6.45, 7) is 2.93. The number of methoxy groups -OCH3 is 1. The summed E-state index contributed by atoms with van der Waals surface area (Å²) in [5.74, 6) is 0.642. The van der Waals surface area contributed by atoms with E-state index in [2.05, 4.69) is 22.2 Å². The van der Waals surface area contributed by atoms with Crippen molar-refractivity contribution in [1.29, 1.82) is 0 Å². The predicted octanol–water partition coefficient (Wildman–Crippen LogP) is 3.03. The Kier molecular flexibility index (Phi) is 5.32. The molecule has 0 aliphatic heterocycles. The maximum Gasteiger partial charge on any atom is 0.217 e. The van der Waals surface area contributed by atoms with Crippen molar-refractivity contribution >= 4 is 11.6 Å². The number of hydrogen-bond donors (Lipinski definition) is 1. The summed E-state index contributed by atoms with van der Waals surface area (Å²) in [7, 11) is 1.63. The van der Waals surface area contributed by atoms with Crippen LogP contribution in [0.25, 0.3) is 0 Å². The fourth-order valence-corrected chi connectivity index (χ4v) is 2.36. The molecule has 1 unspecified atom stereocenters. The Bertz CT molecular complexity index is 562. The van der Waals surface area contributed by atoms with Gasteiger partial charge in [0.2, 0.25) is 5.88 Å². The monoisotopic (exact) mass is 291 g/mol. The van der Waals surface area contributed by atoms with E-state index in [1.165, 1.54) is 0 Å². The molecule has 106 valence electrons. The van der Waals surface area contributed by atoms with Gasteiger partial charge in [-0.25, -0.2) is 4.98 Å². The van der Waals surface area contributed by atoms with Crippen LogP contribution in [0.2, 0.25) is 5.02 Å². The molecule has 0 radical (unpaired) electrons. The van der Waals surface area contributed by atoms with Crippen LogP contribution in [-0.2, 0) is 6.42 Å². The van der Waals surface area contributed by atoms with Crippen molar-refractivity contribution < 1.29 is 4.74 Å². The maximum atomic E-state index is 6.19. The van der Waals surface area contributed by atoms with E-state index in [-0.39, 0.29) is 6.04 Å². The largest absolute Gasteiger partial charge is 0.481 e. The first-order valence-corrected chi connectivity index (χ1v) is 6.94. The molecule has 20 heavy (non-hydrogen) atoms. The molecular weight excluding hydrogens is 274 g/mol. The third-order valence-electron chi connectivity index (χ3n) is 3.10. The van der Waals surface area contributed by atoms with Crippen molar-refractivity contribution in [3.05, 3.63) is 52.9 Å². The highest BCUT2D eigenvalue weighted by Crippen LogP contribution is 2.27. The topological polar surface area (TPSA) is 47.0 Å². The molecule has 0 aliphatic carbocycles. The lowest BCUT2D eigenvalue weighted by molar-refractivity contribution is 0.382. The molecule has 0 bridgehead atoms. The van der Waals surface area contributed by atoms with Gasteiger partial charge in [-0.3, -0.25) is 4.98 Å². The Morgan fingerprint density at radius 3 is 2.90 bits per heavy atom. The number of ether oxygens (including phenoxy) is 1. The summed E-state index contributed by atoms with van der Waals surface area (Å²) < 4.78 is 5.34. The number of halogens is 1. The van der Waals surface area contributed by atoms with Crippen LogP contribution in [0.4, 0.5) is 0 Å². The molecule has 2 rings (SSSR count). The Morgan fingerprint density at radius 1 is 1.35 bits per heavy atom. The fourth-order valence-electron chi connectivity index (χ4n) is 2.17. The molecule has 5 heteroatoms. The van der Waals surface area contributed by atoms with E-state index < -0.39 is 0 Å². The molecule has 0 saturated carbocycles. The summed E-state index contributed by atoms with van der Waals surface area (Å²) >= 11 is 6.19. The molecule has 0 fully saturated rings. The van der Waals surface area contributed by atoms with E-state index in [0.29, 0.717) is 10.9 Å². The number of aromatic nitrogens is 2. The Balaban J connectivity index is 2.29. The van der Waals surface area contributed by atoms with E-state index in [0.717, 1.165) is 24.1 Å². The average Bonchev–Trinajstić information content (AvgIpc) is 2.49. The van der Waals surface area contributed by atoms with Crippen molar-refractivity contribution in [3.8, 4) is 5.88 Å². The van der Waals surface area contributed by atoms with Crippen LogP contribution in [0.1, 0.15) is 24.1 Å². The Morgan fingerprint density at radius 2 is 2.20 bits per heavy atom. The lowest BCUT2D eigenvalue weighted by Crippen LogP contribution is -2.24. The molecule has 2 heterocycles. The number of nitrogens with one attached hydrogen (secondary N) is 1. The first-order chi connectivity index (χ1) is 9.76. The summed E-state index contributed by atoms with van der Waals surface area (Å²) in [6, 6.07) is 5.98. The van der Waals surface area contributed by atoms with E-state index in [1.807, 2.05) is 18.2 Å². The van der Waals surface area contributed by atoms with Gasteiger partial charge in [-0.2, -0.15) is 0 Å². The summed E-state index contributed by atoms with van der Waals surface area (Å²) in [5.41, 5.74) is 2.09. The second-order valence-electron chi connectivity index (χ2n) is 4.38. The lowest BCUT2D eigenvalue weighted by Gasteiger charge is -2.20. The first-order valence-electron chi connectivity index (χ1n) is 6.57. The van der Waals surface area contributed by atoms with Gasteiger partial charge in [0.15, 0.2) is 0 Å². The van der Waals surface area contributed by atoms with Crippen LogP contribution in [0, 0.1) is 0 Å². The van der Waals surface area contributed by atoms with Gasteiger partial charge in [-0.1, -0.05) is 24.6 Å². The van der Waals surface area contributed by atoms with Gasteiger partial charge < -0.3 is 10.1 Å². The zero-order valence-corrected chi connectivity index (χ0v) is 12.4. The van der Waals surface area contributed by atoms with Crippen molar-refractivity contribution in [1.82, 2.24) is 15.3 Å². The van der Waals surface area contributed by atoms with Gasteiger partial charge in [-0.15, -0.1) is 0 Å². The minimum atomic E-state index is 0.101. The molecular formula is C15H18ClN3O. The molecule has 2 aromatic rings. The van der Waals surface area contributed by atoms with Crippen molar-refractivity contribution in [3.63, 3.8) is 0 Å². The second kappa shape index (κ2) is 7.22. The molecule has 0 amide bonds. The third kappa shape index (κ3) is 3.46. The normalized spacial score (nSPS) is 12.2. The number of nitrogens with zero attached hydrogens (tertiary/aromatic N) is 2. The van der Waals surface area contributed by atoms with E-state index >= 15 is 0 Å². The minimum Gasteiger partial charge on any atom is -0.481 e. The van der Waals surface area contributed by atoms with Crippen molar-refractivity contribution in [2.45, 2.75) is 19.4 Å². The SMILES string of the molecule is CCNC(Cc1ccncc1Cl)c1cccnc1OC. The highest BCUT2D eigenvalue weighted by atomic mass is 35.5. The molecule has 1 atom stereocenters. The lowest BCUT2D eigenvalue weighted by atomic mass is 10.0. The van der Waals surface area contributed by atoms with Crippen molar-refractivity contribution in [2.75, 3.05) is 13.7 Å². The van der Waals surface area contributed by atoms with Gasteiger partial charge in [0.25, 0.3) is 0 Å². The summed E-state index contributed by atoms with van der Waals surface area (Å²) in [4.78, 5) is 8.27. The highest BCUT2D eigenvalue weighted by Gasteiger charge is 2.17. The quantitative estimate of drug-likeness (QED) is 0.889. The van der Waals surface area contributed by atoms with Crippen LogP contribution in [0.3, 0.4) is 0 Å². The third-order valence-corrected chi connectivity index (χ3v) is 3.44. The van der Waals surface area contributed by atoms with Gasteiger partial charge in [0, 0.05) is 30.2 Å². The fraction of sp³-hybridized carbons (Fsp3) is 0.333. The van der Waals surface area contributed by atoms with E-state index in [9.17, 15) is 0 Å². The number of rotatable bonds is 6. The predicted molar refractivity (Wildman–Crippen MR) is 80.2 cm³/mol. The Labute approximate surface area is 124 Å². The summed E-state index contributed by atoms with van der Waals surface area (Å²) in [5, 5.41) is 4.13. The summed E-state index contributed by atoms with van der Waals surface area (Å²) in [6.07, 6.45) is 5.91. The van der Waals surface area contributed by atoms with Crippen LogP contribution < -0.4 is 10.1 Å². The van der Waals surface area contributed by atoms with Gasteiger partial charge in [0.1, 0.15) is 0 Å². The smallest absolute Gasteiger partial charge is 0.217 e.